The zero-order valence-corrected chi connectivity index (χ0v) is 22.6. The van der Waals surface area contributed by atoms with Crippen molar-refractivity contribution in [2.24, 2.45) is 5.10 Å². The molecule has 0 saturated carbocycles. The third kappa shape index (κ3) is 5.83. The molecule has 0 radical (unpaired) electrons. The van der Waals surface area contributed by atoms with Crippen LogP contribution in [0, 0.1) is 7.14 Å². The van der Waals surface area contributed by atoms with Crippen LogP contribution in [0.25, 0.3) is 10.9 Å². The molecule has 0 amide bonds. The number of halogens is 3. The number of rotatable bonds is 7. The van der Waals surface area contributed by atoms with Gasteiger partial charge >= 0.3 is 5.97 Å². The average Bonchev–Trinajstić information content (AvgIpc) is 2.73. The number of carbonyl (C=O) groups is 1. The van der Waals surface area contributed by atoms with Crippen LogP contribution in [-0.4, -0.2) is 35.1 Å². The van der Waals surface area contributed by atoms with E-state index < -0.39 is 5.97 Å². The molecule has 7 nitrogen and oxygen atoms in total. The van der Waals surface area contributed by atoms with Crippen LogP contribution in [-0.2, 0) is 16.0 Å². The molecule has 0 unspecified atom stereocenters. The molecular weight excluding hydrogens is 692 g/mol. The third-order valence-electron chi connectivity index (χ3n) is 4.17. The lowest BCUT2D eigenvalue weighted by Gasteiger charge is -2.11. The molecule has 0 bridgehead atoms. The molecule has 10 heteroatoms. The molecule has 0 N–H and O–H groups in total. The van der Waals surface area contributed by atoms with E-state index in [1.807, 2.05) is 31.2 Å². The monoisotopic (exact) mass is 709 g/mol. The molecule has 0 aliphatic heterocycles. The summed E-state index contributed by atoms with van der Waals surface area (Å²) in [6.07, 6.45) is 2.18. The van der Waals surface area contributed by atoms with Gasteiger partial charge in [-0.3, -0.25) is 4.79 Å². The van der Waals surface area contributed by atoms with Crippen molar-refractivity contribution >= 4 is 84.2 Å². The van der Waals surface area contributed by atoms with Crippen LogP contribution >= 0.6 is 61.1 Å². The van der Waals surface area contributed by atoms with Gasteiger partial charge in [0.15, 0.2) is 6.61 Å². The predicted octanol–water partition coefficient (Wildman–Crippen LogP) is 4.75. The zero-order valence-electron chi connectivity index (χ0n) is 16.7. The molecule has 1 heterocycles. The van der Waals surface area contributed by atoms with Crippen molar-refractivity contribution < 1.29 is 14.3 Å². The number of carbonyl (C=O) groups excluding carboxylic acids is 1. The molecule has 2 aromatic carbocycles. The molecule has 0 spiro atoms. The summed E-state index contributed by atoms with van der Waals surface area (Å²) < 4.78 is 14.3. The number of esters is 1. The van der Waals surface area contributed by atoms with Crippen molar-refractivity contribution in [2.45, 2.75) is 20.3 Å². The number of fused-ring (bicyclic) bond motifs is 1. The fourth-order valence-corrected chi connectivity index (χ4v) is 5.28. The van der Waals surface area contributed by atoms with Crippen LogP contribution in [0.15, 0.2) is 44.7 Å². The fourth-order valence-electron chi connectivity index (χ4n) is 2.79. The Morgan fingerprint density at radius 1 is 1.23 bits per heavy atom. The van der Waals surface area contributed by atoms with Crippen LogP contribution in [0.4, 0.5) is 0 Å². The summed E-state index contributed by atoms with van der Waals surface area (Å²) in [5, 5.41) is 4.91. The first-order chi connectivity index (χ1) is 14.8. The van der Waals surface area contributed by atoms with E-state index in [0.717, 1.165) is 17.2 Å². The number of hydrogen-bond donors (Lipinski definition) is 0. The molecule has 3 rings (SSSR count). The van der Waals surface area contributed by atoms with Gasteiger partial charge in [-0.2, -0.15) is 9.78 Å². The summed E-state index contributed by atoms with van der Waals surface area (Å²) in [4.78, 5) is 29.1. The number of hydrogen-bond acceptors (Lipinski definition) is 6. The van der Waals surface area contributed by atoms with E-state index in [4.69, 9.17) is 9.47 Å². The van der Waals surface area contributed by atoms with Crippen molar-refractivity contribution in [3.8, 4) is 5.75 Å². The molecule has 0 atom stereocenters. The Kier molecular flexibility index (Phi) is 8.44. The molecule has 0 aliphatic rings. The number of benzene rings is 2. The summed E-state index contributed by atoms with van der Waals surface area (Å²) >= 11 is 7.68. The summed E-state index contributed by atoms with van der Waals surface area (Å²) in [7, 11) is 0. The van der Waals surface area contributed by atoms with Gasteiger partial charge in [-0.1, -0.05) is 22.9 Å². The van der Waals surface area contributed by atoms with Gasteiger partial charge in [-0.05, 0) is 88.0 Å². The van der Waals surface area contributed by atoms with E-state index >= 15 is 0 Å². The minimum absolute atomic E-state index is 0.152. The van der Waals surface area contributed by atoms with Crippen molar-refractivity contribution in [3.05, 3.63) is 63.7 Å². The number of aryl methyl sites for hydroxylation is 1. The van der Waals surface area contributed by atoms with Gasteiger partial charge in [0.05, 0.1) is 30.9 Å². The Hall–Kier alpha value is -1.54. The van der Waals surface area contributed by atoms with Crippen LogP contribution in [0.2, 0.25) is 0 Å². The molecule has 0 fully saturated rings. The van der Waals surface area contributed by atoms with Gasteiger partial charge in [-0.15, -0.1) is 0 Å². The first-order valence-corrected chi connectivity index (χ1v) is 12.3. The number of ether oxygens (including phenoxy) is 2. The maximum atomic E-state index is 13.0. The van der Waals surface area contributed by atoms with Crippen LogP contribution in [0.1, 0.15) is 25.2 Å². The van der Waals surface area contributed by atoms with Gasteiger partial charge in [-0.25, -0.2) is 9.78 Å². The molecule has 0 saturated heterocycles. The largest absolute Gasteiger partial charge is 0.480 e. The van der Waals surface area contributed by atoms with Gasteiger partial charge < -0.3 is 9.47 Å². The SMILES string of the molecule is CCOC(=O)COc1c(I)cc(C=Nn2c(CC)nc3ccc(Br)cc3c2=O)cc1I. The van der Waals surface area contributed by atoms with Gasteiger partial charge in [0.25, 0.3) is 5.56 Å². The van der Waals surface area contributed by atoms with E-state index in [9.17, 15) is 9.59 Å². The van der Waals surface area contributed by atoms with Crippen molar-refractivity contribution in [1.82, 2.24) is 9.66 Å². The van der Waals surface area contributed by atoms with Crippen LogP contribution in [0.3, 0.4) is 0 Å². The highest BCUT2D eigenvalue weighted by Gasteiger charge is 2.12. The highest BCUT2D eigenvalue weighted by Crippen LogP contribution is 2.28. The van der Waals surface area contributed by atoms with E-state index in [1.54, 1.807) is 19.2 Å². The molecule has 162 valence electrons. The molecule has 3 aromatic rings. The Bertz CT molecular complexity index is 1200. The highest BCUT2D eigenvalue weighted by molar-refractivity contribution is 14.1. The van der Waals surface area contributed by atoms with Crippen LogP contribution < -0.4 is 10.3 Å². The third-order valence-corrected chi connectivity index (χ3v) is 6.27. The maximum absolute atomic E-state index is 13.0. The van der Waals surface area contributed by atoms with Crippen molar-refractivity contribution in [1.29, 1.82) is 0 Å². The van der Waals surface area contributed by atoms with E-state index in [-0.39, 0.29) is 12.2 Å². The second-order valence-electron chi connectivity index (χ2n) is 6.31. The smallest absolute Gasteiger partial charge is 0.344 e. The maximum Gasteiger partial charge on any atom is 0.344 e. The summed E-state index contributed by atoms with van der Waals surface area (Å²) in [5.41, 5.74) is 1.21. The quantitative estimate of drug-likeness (QED) is 0.201. The molecule has 31 heavy (non-hydrogen) atoms. The van der Waals surface area contributed by atoms with Gasteiger partial charge in [0, 0.05) is 10.9 Å². The molecule has 1 aromatic heterocycles. The summed E-state index contributed by atoms with van der Waals surface area (Å²) in [5.74, 6) is 0.770. The van der Waals surface area contributed by atoms with E-state index in [1.165, 1.54) is 4.68 Å². The highest BCUT2D eigenvalue weighted by atomic mass is 127. The fraction of sp³-hybridized carbons (Fsp3) is 0.238. The van der Waals surface area contributed by atoms with Gasteiger partial charge in [0.2, 0.25) is 0 Å². The lowest BCUT2D eigenvalue weighted by Crippen LogP contribution is -2.22. The predicted molar refractivity (Wildman–Crippen MR) is 140 cm³/mol. The summed E-state index contributed by atoms with van der Waals surface area (Å²) in [6.45, 7) is 3.84. The summed E-state index contributed by atoms with van der Waals surface area (Å²) in [6, 6.07) is 9.16. The Morgan fingerprint density at radius 3 is 2.58 bits per heavy atom. The molecule has 0 aliphatic carbocycles. The Balaban J connectivity index is 1.93. The minimum Gasteiger partial charge on any atom is -0.480 e. The van der Waals surface area contributed by atoms with Gasteiger partial charge in [0.1, 0.15) is 11.6 Å². The topological polar surface area (TPSA) is 82.8 Å². The number of aromatic nitrogens is 2. The first kappa shape index (κ1) is 24.1. The first-order valence-electron chi connectivity index (χ1n) is 9.37. The van der Waals surface area contributed by atoms with Crippen molar-refractivity contribution in [3.63, 3.8) is 0 Å². The lowest BCUT2D eigenvalue weighted by molar-refractivity contribution is -0.145. The van der Waals surface area contributed by atoms with Crippen molar-refractivity contribution in [2.75, 3.05) is 13.2 Å². The normalized spacial score (nSPS) is 11.3. The lowest BCUT2D eigenvalue weighted by atomic mass is 10.2. The Morgan fingerprint density at radius 2 is 1.94 bits per heavy atom. The Labute approximate surface area is 214 Å². The second kappa shape index (κ2) is 10.9. The average molecular weight is 710 g/mol. The zero-order chi connectivity index (χ0) is 22.5. The molecular formula is C21H18BrI2N3O4. The van der Waals surface area contributed by atoms with E-state index in [2.05, 4.69) is 71.2 Å². The van der Waals surface area contributed by atoms with Crippen LogP contribution in [0.5, 0.6) is 5.75 Å². The number of nitrogens with zero attached hydrogens (tertiary/aromatic N) is 3. The standard InChI is InChI=1S/C21H18BrI2N3O4/c1-3-18-26-17-6-5-13(22)9-14(17)21(29)27(18)25-10-12-7-15(23)20(16(24)8-12)31-11-19(28)30-4-2/h5-10H,3-4,11H2,1-2H3. The van der Waals surface area contributed by atoms with E-state index in [0.29, 0.717) is 35.5 Å². The minimum atomic E-state index is -0.415. The second-order valence-corrected chi connectivity index (χ2v) is 9.55.